The molecule has 57 heavy (non-hydrogen) atoms. The third-order valence-electron chi connectivity index (χ3n) is 12.2. The largest absolute Gasteiger partial charge is 0.504 e. The molecule has 10 heteroatoms. The van der Waals surface area contributed by atoms with Crippen LogP contribution in [-0.2, 0) is 24.6 Å². The summed E-state index contributed by atoms with van der Waals surface area (Å²) in [5.74, 6) is -5.27. The Balaban J connectivity index is 1.16. The number of amides is 4. The maximum absolute atomic E-state index is 15.4. The summed E-state index contributed by atoms with van der Waals surface area (Å²) in [7, 11) is 0. The minimum absolute atomic E-state index is 0.132. The molecule has 5 aromatic rings. The molecule has 3 N–H and O–H groups in total. The van der Waals surface area contributed by atoms with Gasteiger partial charge in [-0.1, -0.05) is 90.0 Å². The lowest BCUT2D eigenvalue weighted by Crippen LogP contribution is -2.53. The number of hydrazine groups is 1. The van der Waals surface area contributed by atoms with E-state index < -0.39 is 46.8 Å². The highest BCUT2D eigenvalue weighted by Crippen LogP contribution is 2.65. The Morgan fingerprint density at radius 3 is 2.11 bits per heavy atom. The Bertz CT molecular complexity index is 2420. The first-order valence-corrected chi connectivity index (χ1v) is 19.4. The number of phenols is 1. The van der Waals surface area contributed by atoms with Crippen molar-refractivity contribution in [2.75, 3.05) is 22.2 Å². The van der Waals surface area contributed by atoms with Gasteiger partial charge < -0.3 is 15.2 Å². The summed E-state index contributed by atoms with van der Waals surface area (Å²) >= 11 is 0. The van der Waals surface area contributed by atoms with E-state index in [0.29, 0.717) is 29.1 Å². The number of hydrogen-bond donors (Lipinski definition) is 3. The number of nitrogens with zero attached hydrogens (tertiary/aromatic N) is 2. The van der Waals surface area contributed by atoms with E-state index >= 15 is 4.79 Å². The number of benzene rings is 5. The smallest absolute Gasteiger partial charge is 0.260 e. The fourth-order valence-electron chi connectivity index (χ4n) is 9.77. The van der Waals surface area contributed by atoms with E-state index in [0.717, 1.165) is 27.5 Å². The van der Waals surface area contributed by atoms with Crippen LogP contribution < -0.4 is 20.4 Å². The van der Waals surface area contributed by atoms with Crippen LogP contribution in [0.15, 0.2) is 139 Å². The number of carbonyl (C=O) groups is 4. The number of aryl methyl sites for hydroxylation is 1. The van der Waals surface area contributed by atoms with Crippen molar-refractivity contribution in [2.45, 2.75) is 38.0 Å². The van der Waals surface area contributed by atoms with Crippen LogP contribution in [0, 0.1) is 30.6 Å². The lowest BCUT2D eigenvalue weighted by molar-refractivity contribution is -0.138. The molecule has 286 valence electrons. The third-order valence-corrected chi connectivity index (χ3v) is 12.2. The number of hydrogen-bond acceptors (Lipinski definition) is 8. The van der Waals surface area contributed by atoms with E-state index in [1.54, 1.807) is 30.3 Å². The van der Waals surface area contributed by atoms with Gasteiger partial charge in [0.15, 0.2) is 11.5 Å². The fraction of sp³-hybridized carbons (Fsp3) is 0.234. The highest BCUT2D eigenvalue weighted by molar-refractivity contribution is 6.22. The van der Waals surface area contributed by atoms with Gasteiger partial charge in [-0.25, -0.2) is 0 Å². The van der Waals surface area contributed by atoms with Crippen LogP contribution in [0.5, 0.6) is 11.5 Å². The number of rotatable bonds is 9. The Morgan fingerprint density at radius 2 is 1.40 bits per heavy atom. The van der Waals surface area contributed by atoms with Crippen LogP contribution in [0.4, 0.5) is 22.7 Å². The van der Waals surface area contributed by atoms with E-state index in [2.05, 4.69) is 10.7 Å². The summed E-state index contributed by atoms with van der Waals surface area (Å²) in [6, 6.07) is 38.8. The number of carbonyl (C=O) groups excluding carboxylic acids is 4. The Morgan fingerprint density at radius 1 is 0.737 bits per heavy atom. The second-order valence-corrected chi connectivity index (χ2v) is 15.3. The zero-order valence-electron chi connectivity index (χ0n) is 31.6. The number of para-hydroxylation sites is 2. The number of aromatic hydroxyl groups is 1. The van der Waals surface area contributed by atoms with Crippen molar-refractivity contribution in [3.8, 4) is 11.5 Å². The number of fused-ring (bicyclic) bond motifs is 4. The van der Waals surface area contributed by atoms with Gasteiger partial charge in [0.1, 0.15) is 0 Å². The fourth-order valence-corrected chi connectivity index (χ4v) is 9.77. The number of imide groups is 2. The highest BCUT2D eigenvalue weighted by atomic mass is 16.5. The van der Waals surface area contributed by atoms with E-state index in [-0.39, 0.29) is 36.2 Å². The minimum Gasteiger partial charge on any atom is -0.504 e. The molecule has 10 nitrogen and oxygen atoms in total. The van der Waals surface area contributed by atoms with Crippen LogP contribution in [-0.4, -0.2) is 40.4 Å². The highest BCUT2D eigenvalue weighted by Gasteiger charge is 2.70. The molecule has 0 spiro atoms. The lowest BCUT2D eigenvalue weighted by atomic mass is 9.49. The molecule has 3 fully saturated rings. The standard InChI is InChI=1S/C47H42N4O6/c1-3-57-39-16-10-15-36(42(39)52)41-34-25-26-35-40(45(55)50(43(35)53)33-23-21-31(22-24-33)48-30-13-8-5-9-14-30)37(34)27-38-44(54)51(49-32-19-17-28(2)18-20-32)46(56)47(38,41)29-11-6-4-7-12-29/h4-25,35,37-38,40-41,48-49,52H,3,26-27H2,1-2H3/t35-,37+,38-,40-,41+,47+/m0/s1. The molecule has 2 heterocycles. The van der Waals surface area contributed by atoms with E-state index in [4.69, 9.17) is 4.74 Å². The van der Waals surface area contributed by atoms with Gasteiger partial charge in [-0.2, -0.15) is 5.01 Å². The molecule has 4 aliphatic rings. The zero-order chi connectivity index (χ0) is 39.4. The number of nitrogens with one attached hydrogen (secondary N) is 2. The molecule has 0 radical (unpaired) electrons. The minimum atomic E-state index is -1.51. The maximum atomic E-state index is 15.4. The molecule has 2 aliphatic carbocycles. The lowest BCUT2D eigenvalue weighted by Gasteiger charge is -2.50. The quantitative estimate of drug-likeness (QED) is 0.102. The van der Waals surface area contributed by atoms with Gasteiger partial charge in [0.25, 0.3) is 11.8 Å². The van der Waals surface area contributed by atoms with Gasteiger partial charge in [0, 0.05) is 22.9 Å². The van der Waals surface area contributed by atoms with Gasteiger partial charge in [-0.3, -0.25) is 29.5 Å². The maximum Gasteiger partial charge on any atom is 0.260 e. The first-order chi connectivity index (χ1) is 27.7. The summed E-state index contributed by atoms with van der Waals surface area (Å²) in [6.07, 6.45) is 2.39. The molecule has 9 rings (SSSR count). The van der Waals surface area contributed by atoms with E-state index in [1.165, 1.54) is 4.90 Å². The molecule has 1 saturated carbocycles. The number of allylic oxidation sites excluding steroid dienone is 2. The van der Waals surface area contributed by atoms with Crippen LogP contribution >= 0.6 is 0 Å². The summed E-state index contributed by atoms with van der Waals surface area (Å²) in [5, 5.41) is 16.5. The molecule has 0 aromatic heterocycles. The van der Waals surface area contributed by atoms with Crippen molar-refractivity contribution in [3.63, 3.8) is 0 Å². The Labute approximate surface area is 330 Å². The number of ether oxygens (including phenoxy) is 1. The van der Waals surface area contributed by atoms with Gasteiger partial charge in [-0.05, 0) is 92.8 Å². The predicted octanol–water partition coefficient (Wildman–Crippen LogP) is 8.03. The third kappa shape index (κ3) is 5.69. The molecule has 6 atom stereocenters. The second-order valence-electron chi connectivity index (χ2n) is 15.3. The van der Waals surface area contributed by atoms with Gasteiger partial charge >= 0.3 is 0 Å². The van der Waals surface area contributed by atoms with Crippen LogP contribution in [0.3, 0.4) is 0 Å². The monoisotopic (exact) mass is 758 g/mol. The van der Waals surface area contributed by atoms with Crippen molar-refractivity contribution in [1.29, 1.82) is 0 Å². The predicted molar refractivity (Wildman–Crippen MR) is 217 cm³/mol. The van der Waals surface area contributed by atoms with Crippen molar-refractivity contribution >= 4 is 46.4 Å². The molecule has 0 unspecified atom stereocenters. The SMILES string of the molecule is CCOc1cccc([C@H]2C3=CC[C@@H]4C(=O)N(c5ccc(Nc6ccccc6)cc5)C(=O)[C@@H]4[C@@H]3C[C@H]3C(=O)N(Nc4ccc(C)cc4)C(=O)[C@@]23c2ccccc2)c1O. The molecule has 5 aromatic carbocycles. The van der Waals surface area contributed by atoms with E-state index in [1.807, 2.05) is 117 Å². The van der Waals surface area contributed by atoms with Gasteiger partial charge in [-0.15, -0.1) is 0 Å². The summed E-state index contributed by atoms with van der Waals surface area (Å²) in [4.78, 5) is 60.7. The second kappa shape index (κ2) is 14.1. The topological polar surface area (TPSA) is 128 Å². The summed E-state index contributed by atoms with van der Waals surface area (Å²) < 4.78 is 5.86. The van der Waals surface area contributed by atoms with Crippen LogP contribution in [0.2, 0.25) is 0 Å². The summed E-state index contributed by atoms with van der Waals surface area (Å²) in [5.41, 5.74) is 7.16. The van der Waals surface area contributed by atoms with Crippen LogP contribution in [0.1, 0.15) is 42.4 Å². The molecular weight excluding hydrogens is 717 g/mol. The average Bonchev–Trinajstić information content (AvgIpc) is 3.61. The molecule has 2 saturated heterocycles. The van der Waals surface area contributed by atoms with Gasteiger partial charge in [0.2, 0.25) is 11.8 Å². The first kappa shape index (κ1) is 36.0. The molecule has 2 aliphatic heterocycles. The van der Waals surface area contributed by atoms with Crippen molar-refractivity contribution in [1.82, 2.24) is 5.01 Å². The molecule has 0 bridgehead atoms. The number of anilines is 4. The molecular formula is C47H42N4O6. The van der Waals surface area contributed by atoms with Crippen molar-refractivity contribution in [3.05, 3.63) is 156 Å². The molecule has 4 amide bonds. The van der Waals surface area contributed by atoms with Crippen molar-refractivity contribution < 1.29 is 29.0 Å². The first-order valence-electron chi connectivity index (χ1n) is 19.4. The average molecular weight is 759 g/mol. The Kier molecular flexibility index (Phi) is 8.91. The number of phenolic OH excluding ortho intramolecular Hbond substituents is 1. The van der Waals surface area contributed by atoms with Crippen LogP contribution in [0.25, 0.3) is 0 Å². The van der Waals surface area contributed by atoms with E-state index in [9.17, 15) is 19.5 Å². The van der Waals surface area contributed by atoms with Gasteiger partial charge in [0.05, 0.1) is 41.2 Å². The van der Waals surface area contributed by atoms with Crippen molar-refractivity contribution in [2.24, 2.45) is 23.7 Å². The zero-order valence-corrected chi connectivity index (χ0v) is 31.6. The summed E-state index contributed by atoms with van der Waals surface area (Å²) in [6.45, 7) is 4.08. The Hall–Kier alpha value is -6.68. The normalized spacial score (nSPS) is 25.1.